The molecule has 0 aliphatic carbocycles. The van der Waals surface area contributed by atoms with Crippen LogP contribution in [-0.4, -0.2) is 12.2 Å². The smallest absolute Gasteiger partial charge is 2.00 e. The molecule has 1 N–H and O–H groups in total. The van der Waals surface area contributed by atoms with Gasteiger partial charge in [0.05, 0.1) is 0 Å². The summed E-state index contributed by atoms with van der Waals surface area (Å²) in [5.74, 6) is 0. The summed E-state index contributed by atoms with van der Waals surface area (Å²) in [6.07, 6.45) is 0. The van der Waals surface area contributed by atoms with Crippen LogP contribution in [0.15, 0.2) is 0 Å². The van der Waals surface area contributed by atoms with E-state index in [1.165, 1.54) is 0 Å². The summed E-state index contributed by atoms with van der Waals surface area (Å²) < 4.78 is 0. The van der Waals surface area contributed by atoms with E-state index in [9.17, 15) is 0 Å². The normalized spacial score (nSPS) is 0.667. The van der Waals surface area contributed by atoms with Gasteiger partial charge in [-0.2, -0.15) is 0 Å². The van der Waals surface area contributed by atoms with E-state index in [1.54, 1.807) is 0 Å². The van der Waals surface area contributed by atoms with Gasteiger partial charge in [-0.3, -0.25) is 0 Å². The molecule has 54 valence electrons. The van der Waals surface area contributed by atoms with Crippen molar-refractivity contribution in [2.75, 3.05) is 7.11 Å². The van der Waals surface area contributed by atoms with Crippen molar-refractivity contribution < 1.29 is 77.2 Å². The molecule has 0 saturated heterocycles. The molecular formula is CH4O6Ta2. The van der Waals surface area contributed by atoms with Crippen LogP contribution in [0.4, 0.5) is 0 Å². The fourth-order valence-corrected chi connectivity index (χ4v) is 0. The summed E-state index contributed by atoms with van der Waals surface area (Å²) in [4.78, 5) is 0. The third kappa shape index (κ3) is 315. The van der Waals surface area contributed by atoms with E-state index >= 15 is 0 Å². The minimum absolute atomic E-state index is 0. The Morgan fingerprint density at radius 1 is 0.556 bits per heavy atom. The first kappa shape index (κ1) is 174. The van der Waals surface area contributed by atoms with Gasteiger partial charge in [0, 0.05) is 7.11 Å². The van der Waals surface area contributed by atoms with E-state index in [-0.39, 0.29) is 72.1 Å². The Labute approximate surface area is 84.2 Å². The zero-order valence-electron chi connectivity index (χ0n) is 4.38. The van der Waals surface area contributed by atoms with E-state index in [2.05, 4.69) is 0 Å². The molecule has 0 heterocycles. The first-order chi connectivity index (χ1) is 1.00. The predicted octanol–water partition coefficient (Wildman–Crippen LogP) is -0.990. The third-order valence-electron chi connectivity index (χ3n) is 0. The van der Waals surface area contributed by atoms with Gasteiger partial charge in [0.15, 0.2) is 0 Å². The second-order valence-corrected chi connectivity index (χ2v) is 0. The zero-order chi connectivity index (χ0) is 2.00. The average molecular weight is 474 g/mol. The Hall–Kier alpha value is 1.24. The van der Waals surface area contributed by atoms with Gasteiger partial charge in [-0.05, 0) is 0 Å². The fraction of sp³-hybridized carbons (Fsp3) is 1.00. The maximum atomic E-state index is 7.00. The number of hydrogen-bond donors (Lipinski definition) is 1. The van der Waals surface area contributed by atoms with Gasteiger partial charge < -0.3 is 32.5 Å². The number of rotatable bonds is 0. The monoisotopic (exact) mass is 474 g/mol. The molecule has 0 aromatic rings. The quantitative estimate of drug-likeness (QED) is 0.469. The summed E-state index contributed by atoms with van der Waals surface area (Å²) in [5, 5.41) is 7.00. The number of aliphatic hydroxyl groups excluding tert-OH is 1. The van der Waals surface area contributed by atoms with E-state index in [4.69, 9.17) is 5.11 Å². The standard InChI is InChI=1S/CH4O.5O.2Ta/c1-2;;;;;;;/h2H,1H3;;;;;;;/q;5*-2;2*+5. The topological polar surface area (TPSA) is 163 Å². The minimum atomic E-state index is 0. The summed E-state index contributed by atoms with van der Waals surface area (Å²) >= 11 is 0. The summed E-state index contributed by atoms with van der Waals surface area (Å²) in [5.41, 5.74) is 0. The Morgan fingerprint density at radius 2 is 0.556 bits per heavy atom. The molecule has 6 nitrogen and oxygen atoms in total. The molecule has 0 unspecified atom stereocenters. The second kappa shape index (κ2) is 408. The molecule has 0 aliphatic rings. The predicted molar refractivity (Wildman–Crippen MR) is 11.6 cm³/mol. The van der Waals surface area contributed by atoms with Crippen molar-refractivity contribution in [3.05, 3.63) is 0 Å². The first-order valence-electron chi connectivity index (χ1n) is 0.447. The van der Waals surface area contributed by atoms with Crippen LogP contribution in [0.3, 0.4) is 0 Å². The van der Waals surface area contributed by atoms with Gasteiger partial charge in [-0.25, -0.2) is 0 Å². The Kier molecular flexibility index (Phi) is 7890. The molecule has 0 aromatic carbocycles. The summed E-state index contributed by atoms with van der Waals surface area (Å²) in [6, 6.07) is 0. The van der Waals surface area contributed by atoms with Crippen LogP contribution < -0.4 is 0 Å². The van der Waals surface area contributed by atoms with Crippen LogP contribution >= 0.6 is 0 Å². The molecular weight excluding hydrogens is 470 g/mol. The Morgan fingerprint density at radius 3 is 0.556 bits per heavy atom. The fourth-order valence-electron chi connectivity index (χ4n) is 0. The van der Waals surface area contributed by atoms with Crippen LogP contribution in [-0.2, 0) is 72.1 Å². The van der Waals surface area contributed by atoms with Crippen molar-refractivity contribution in [2.45, 2.75) is 0 Å². The van der Waals surface area contributed by atoms with Crippen LogP contribution in [0.25, 0.3) is 0 Å². The van der Waals surface area contributed by atoms with E-state index in [1.807, 2.05) is 0 Å². The Balaban J connectivity index is -0.000000000238. The molecule has 0 rings (SSSR count). The molecule has 9 heavy (non-hydrogen) atoms. The SMILES string of the molecule is CO.[O-2].[O-2].[O-2].[O-2].[O-2].[Ta+5].[Ta+5]. The Bertz CT molecular complexity index is 11.0. The van der Waals surface area contributed by atoms with Gasteiger partial charge in [0.2, 0.25) is 0 Å². The zero-order valence-corrected chi connectivity index (χ0v) is 10.8. The maximum absolute atomic E-state index is 7.00. The largest absolute Gasteiger partial charge is 5.00 e. The van der Waals surface area contributed by atoms with Gasteiger partial charge in [0.1, 0.15) is 0 Å². The van der Waals surface area contributed by atoms with E-state index in [0.717, 1.165) is 7.11 Å². The van der Waals surface area contributed by atoms with Crippen LogP contribution in [0, 0.1) is 0 Å². The third-order valence-corrected chi connectivity index (χ3v) is 0. The molecule has 0 amide bonds. The number of hydrogen-bond acceptors (Lipinski definition) is 1. The van der Waals surface area contributed by atoms with Crippen molar-refractivity contribution in [3.63, 3.8) is 0 Å². The summed E-state index contributed by atoms with van der Waals surface area (Å²) in [6.45, 7) is 0. The van der Waals surface area contributed by atoms with Crippen molar-refractivity contribution in [1.29, 1.82) is 0 Å². The molecule has 0 bridgehead atoms. The van der Waals surface area contributed by atoms with Crippen LogP contribution in [0.5, 0.6) is 0 Å². The minimum Gasteiger partial charge on any atom is -2.00 e. The van der Waals surface area contributed by atoms with Crippen LogP contribution in [0.2, 0.25) is 0 Å². The van der Waals surface area contributed by atoms with Gasteiger partial charge in [0.25, 0.3) is 0 Å². The van der Waals surface area contributed by atoms with Gasteiger partial charge in [-0.1, -0.05) is 0 Å². The molecule has 0 spiro atoms. The summed E-state index contributed by atoms with van der Waals surface area (Å²) in [7, 11) is 1.00. The molecule has 0 fully saturated rings. The van der Waals surface area contributed by atoms with Gasteiger partial charge >= 0.3 is 44.8 Å². The molecule has 0 aromatic heterocycles. The van der Waals surface area contributed by atoms with Crippen molar-refractivity contribution in [1.82, 2.24) is 0 Å². The second-order valence-electron chi connectivity index (χ2n) is 0. The molecule has 0 radical (unpaired) electrons. The average Bonchev–Trinajstić information content (AvgIpc) is 1.00. The molecule has 8 heteroatoms. The van der Waals surface area contributed by atoms with E-state index in [0.29, 0.717) is 0 Å². The van der Waals surface area contributed by atoms with Crippen molar-refractivity contribution in [2.24, 2.45) is 0 Å². The number of aliphatic hydroxyl groups is 1. The molecule has 0 atom stereocenters. The van der Waals surface area contributed by atoms with Crippen molar-refractivity contribution >= 4 is 0 Å². The molecule has 0 saturated carbocycles. The maximum Gasteiger partial charge on any atom is 5.00 e. The van der Waals surface area contributed by atoms with Crippen molar-refractivity contribution in [3.8, 4) is 0 Å². The molecule has 0 aliphatic heterocycles. The first-order valence-corrected chi connectivity index (χ1v) is 0.447. The van der Waals surface area contributed by atoms with E-state index < -0.39 is 0 Å². The van der Waals surface area contributed by atoms with Crippen LogP contribution in [0.1, 0.15) is 0 Å². The van der Waals surface area contributed by atoms with Gasteiger partial charge in [-0.15, -0.1) is 0 Å².